The van der Waals surface area contributed by atoms with Crippen molar-refractivity contribution in [2.24, 2.45) is 0 Å². The average molecular weight is 318 g/mol. The Morgan fingerprint density at radius 3 is 2.65 bits per heavy atom. The van der Waals surface area contributed by atoms with Gasteiger partial charge in [-0.15, -0.1) is 0 Å². The Hall–Kier alpha value is -0.940. The molecule has 0 heterocycles. The highest BCUT2D eigenvalue weighted by molar-refractivity contribution is 7.91. The molecule has 0 amide bonds. The van der Waals surface area contributed by atoms with Crippen molar-refractivity contribution in [1.82, 2.24) is 0 Å². The lowest BCUT2D eigenvalue weighted by atomic mass is 10.1. The molecule has 1 aliphatic rings. The fourth-order valence-electron chi connectivity index (χ4n) is 2.75. The topological polar surface area (TPSA) is 55.4 Å². The fourth-order valence-corrected chi connectivity index (χ4v) is 4.30. The molecule has 0 aromatic heterocycles. The minimum absolute atomic E-state index is 0.0699. The van der Waals surface area contributed by atoms with Crippen LogP contribution in [0, 0.1) is 6.92 Å². The Labute approximate surface area is 125 Å². The zero-order valence-corrected chi connectivity index (χ0v) is 13.5. The van der Waals surface area contributed by atoms with E-state index in [1.165, 1.54) is 6.26 Å². The van der Waals surface area contributed by atoms with Gasteiger partial charge in [0.2, 0.25) is 0 Å². The first-order valence-electron chi connectivity index (χ1n) is 6.62. The number of hydrogen-bond acceptors (Lipinski definition) is 4. The minimum atomic E-state index is -3.04. The molecule has 6 heteroatoms. The zero-order chi connectivity index (χ0) is 14.9. The predicted octanol–water partition coefficient (Wildman–Crippen LogP) is 3.03. The summed E-state index contributed by atoms with van der Waals surface area (Å²) in [5.74, 6) is 0.639. The van der Waals surface area contributed by atoms with Gasteiger partial charge < -0.3 is 10.1 Å². The molecule has 0 saturated heterocycles. The van der Waals surface area contributed by atoms with E-state index in [0.29, 0.717) is 17.2 Å². The molecular weight excluding hydrogens is 298 g/mol. The third-order valence-electron chi connectivity index (χ3n) is 3.82. The smallest absolute Gasteiger partial charge is 0.152 e. The molecule has 0 spiro atoms. The normalized spacial score (nSPS) is 22.8. The third-order valence-corrected chi connectivity index (χ3v) is 5.90. The highest BCUT2D eigenvalue weighted by Crippen LogP contribution is 2.34. The predicted molar refractivity (Wildman–Crippen MR) is 82.6 cm³/mol. The quantitative estimate of drug-likeness (QED) is 0.927. The second-order valence-electron chi connectivity index (χ2n) is 5.35. The molecule has 1 N–H and O–H groups in total. The number of hydrogen-bond donors (Lipinski definition) is 1. The summed E-state index contributed by atoms with van der Waals surface area (Å²) >= 11 is 6.08. The van der Waals surface area contributed by atoms with Crippen molar-refractivity contribution in [3.05, 3.63) is 22.7 Å². The van der Waals surface area contributed by atoms with E-state index in [9.17, 15) is 8.42 Å². The van der Waals surface area contributed by atoms with Crippen LogP contribution in [-0.4, -0.2) is 33.1 Å². The van der Waals surface area contributed by atoms with Gasteiger partial charge in [-0.25, -0.2) is 8.42 Å². The molecule has 2 rings (SSSR count). The molecule has 0 bridgehead atoms. The number of halogens is 1. The number of sulfone groups is 1. The molecule has 4 nitrogen and oxygen atoms in total. The first-order chi connectivity index (χ1) is 9.32. The van der Waals surface area contributed by atoms with Gasteiger partial charge in [-0.2, -0.15) is 0 Å². The minimum Gasteiger partial charge on any atom is -0.495 e. The summed E-state index contributed by atoms with van der Waals surface area (Å²) in [7, 11) is -1.46. The van der Waals surface area contributed by atoms with Crippen LogP contribution in [0.2, 0.25) is 5.02 Å². The van der Waals surface area contributed by atoms with Crippen molar-refractivity contribution in [1.29, 1.82) is 0 Å². The number of anilines is 1. The van der Waals surface area contributed by atoms with Crippen LogP contribution in [0.3, 0.4) is 0 Å². The summed E-state index contributed by atoms with van der Waals surface area (Å²) in [6, 6.07) is 3.59. The van der Waals surface area contributed by atoms with Gasteiger partial charge in [0, 0.05) is 23.4 Å². The van der Waals surface area contributed by atoms with Gasteiger partial charge in [-0.05, 0) is 37.8 Å². The van der Waals surface area contributed by atoms with Gasteiger partial charge in [0.25, 0.3) is 0 Å². The Balaban J connectivity index is 2.28. The molecule has 1 aromatic carbocycles. The summed E-state index contributed by atoms with van der Waals surface area (Å²) < 4.78 is 29.0. The van der Waals surface area contributed by atoms with Crippen LogP contribution in [0.1, 0.15) is 24.8 Å². The first kappa shape index (κ1) is 15.4. The van der Waals surface area contributed by atoms with Crippen LogP contribution in [0.5, 0.6) is 5.75 Å². The van der Waals surface area contributed by atoms with E-state index < -0.39 is 9.84 Å². The first-order valence-corrected chi connectivity index (χ1v) is 8.95. The molecule has 20 heavy (non-hydrogen) atoms. The number of benzene rings is 1. The SMILES string of the molecule is COc1cc(Cl)c(C)cc1NC1CCCC1S(C)(=O)=O. The van der Waals surface area contributed by atoms with Gasteiger partial charge in [0.05, 0.1) is 18.0 Å². The fraction of sp³-hybridized carbons (Fsp3) is 0.571. The van der Waals surface area contributed by atoms with Crippen molar-refractivity contribution in [2.45, 2.75) is 37.5 Å². The van der Waals surface area contributed by atoms with Crippen LogP contribution in [0.25, 0.3) is 0 Å². The second kappa shape index (κ2) is 5.82. The van der Waals surface area contributed by atoms with Crippen LogP contribution in [0.15, 0.2) is 12.1 Å². The number of rotatable bonds is 4. The number of methoxy groups -OCH3 is 1. The molecule has 1 fully saturated rings. The maximum Gasteiger partial charge on any atom is 0.152 e. The van der Waals surface area contributed by atoms with E-state index in [2.05, 4.69) is 5.32 Å². The average Bonchev–Trinajstić information content (AvgIpc) is 2.81. The molecule has 2 unspecified atom stereocenters. The van der Waals surface area contributed by atoms with E-state index in [1.54, 1.807) is 13.2 Å². The summed E-state index contributed by atoms with van der Waals surface area (Å²) in [5, 5.41) is 3.63. The Morgan fingerprint density at radius 2 is 2.05 bits per heavy atom. The molecule has 1 saturated carbocycles. The van der Waals surface area contributed by atoms with E-state index >= 15 is 0 Å². The van der Waals surface area contributed by atoms with Crippen LogP contribution >= 0.6 is 11.6 Å². The van der Waals surface area contributed by atoms with E-state index in [4.69, 9.17) is 16.3 Å². The summed E-state index contributed by atoms with van der Waals surface area (Å²) in [5.41, 5.74) is 1.74. The summed E-state index contributed by atoms with van der Waals surface area (Å²) in [4.78, 5) is 0. The molecule has 2 atom stereocenters. The lowest BCUT2D eigenvalue weighted by Crippen LogP contribution is -2.34. The zero-order valence-electron chi connectivity index (χ0n) is 11.9. The molecule has 112 valence electrons. The number of aryl methyl sites for hydroxylation is 1. The molecule has 1 aliphatic carbocycles. The standard InChI is InChI=1S/C14H20ClNO3S/c1-9-7-12(13(19-2)8-10(9)15)16-11-5-4-6-14(11)20(3,17)18/h7-8,11,14,16H,4-6H2,1-3H3. The van der Waals surface area contributed by atoms with Crippen molar-refractivity contribution >= 4 is 27.1 Å². The summed E-state index contributed by atoms with van der Waals surface area (Å²) in [6.45, 7) is 1.91. The van der Waals surface area contributed by atoms with Crippen molar-refractivity contribution in [3.63, 3.8) is 0 Å². The Bertz CT molecular complexity index is 601. The number of nitrogens with one attached hydrogen (secondary N) is 1. The highest BCUT2D eigenvalue weighted by atomic mass is 35.5. The van der Waals surface area contributed by atoms with Crippen molar-refractivity contribution < 1.29 is 13.2 Å². The molecular formula is C14H20ClNO3S. The maximum absolute atomic E-state index is 11.8. The third kappa shape index (κ3) is 3.20. The molecule has 0 radical (unpaired) electrons. The van der Waals surface area contributed by atoms with Gasteiger partial charge in [-0.1, -0.05) is 11.6 Å². The van der Waals surface area contributed by atoms with Crippen LogP contribution in [0.4, 0.5) is 5.69 Å². The number of ether oxygens (including phenoxy) is 1. The second-order valence-corrected chi connectivity index (χ2v) is 8.02. The molecule has 0 aliphatic heterocycles. The summed E-state index contributed by atoms with van der Waals surface area (Å²) in [6.07, 6.45) is 3.79. The maximum atomic E-state index is 11.8. The van der Waals surface area contributed by atoms with Crippen LogP contribution in [-0.2, 0) is 9.84 Å². The van der Waals surface area contributed by atoms with E-state index in [-0.39, 0.29) is 11.3 Å². The lowest BCUT2D eigenvalue weighted by molar-refractivity contribution is 0.416. The van der Waals surface area contributed by atoms with Crippen molar-refractivity contribution in [2.75, 3.05) is 18.7 Å². The molecule has 1 aromatic rings. The van der Waals surface area contributed by atoms with Gasteiger partial charge in [0.15, 0.2) is 9.84 Å². The Morgan fingerprint density at radius 1 is 1.35 bits per heavy atom. The lowest BCUT2D eigenvalue weighted by Gasteiger charge is -2.22. The highest BCUT2D eigenvalue weighted by Gasteiger charge is 2.35. The Kier molecular flexibility index (Phi) is 4.49. The van der Waals surface area contributed by atoms with Crippen molar-refractivity contribution in [3.8, 4) is 5.75 Å². The monoisotopic (exact) mass is 317 g/mol. The van der Waals surface area contributed by atoms with Crippen LogP contribution < -0.4 is 10.1 Å². The van der Waals surface area contributed by atoms with E-state index in [1.807, 2.05) is 13.0 Å². The van der Waals surface area contributed by atoms with Gasteiger partial charge >= 0.3 is 0 Å². The van der Waals surface area contributed by atoms with E-state index in [0.717, 1.165) is 24.1 Å². The largest absolute Gasteiger partial charge is 0.495 e. The van der Waals surface area contributed by atoms with Gasteiger partial charge in [0.1, 0.15) is 5.75 Å². The van der Waals surface area contributed by atoms with Gasteiger partial charge in [-0.3, -0.25) is 0 Å².